The van der Waals surface area contributed by atoms with Crippen molar-refractivity contribution in [3.05, 3.63) is 29.8 Å². The molecule has 0 saturated heterocycles. The molecule has 3 heteroatoms. The minimum Gasteiger partial charge on any atom is -0.399 e. The number of rotatable bonds is 3. The van der Waals surface area contributed by atoms with Gasteiger partial charge in [-0.15, -0.1) is 0 Å². The molecule has 0 aliphatic heterocycles. The van der Waals surface area contributed by atoms with E-state index in [0.717, 1.165) is 36.9 Å². The van der Waals surface area contributed by atoms with E-state index >= 15 is 0 Å². The highest BCUT2D eigenvalue weighted by molar-refractivity contribution is 5.91. The topological polar surface area (TPSA) is 55.1 Å². The molecule has 0 unspecified atom stereocenters. The zero-order valence-corrected chi connectivity index (χ0v) is 12.2. The molecule has 2 fully saturated rings. The molecular weight excluding hydrogens is 248 g/mol. The third-order valence-electron chi connectivity index (χ3n) is 5.02. The summed E-state index contributed by atoms with van der Waals surface area (Å²) in [4.78, 5) is 12.7. The second-order valence-corrected chi connectivity index (χ2v) is 6.78. The first kappa shape index (κ1) is 13.5. The van der Waals surface area contributed by atoms with Crippen molar-refractivity contribution in [2.24, 2.45) is 0 Å². The molecule has 0 aromatic heterocycles. The smallest absolute Gasteiger partial charge is 0.231 e. The minimum absolute atomic E-state index is 0.00126. The van der Waals surface area contributed by atoms with Gasteiger partial charge in [-0.3, -0.25) is 4.79 Å². The van der Waals surface area contributed by atoms with Crippen LogP contribution in [-0.2, 0) is 10.2 Å². The van der Waals surface area contributed by atoms with E-state index in [2.05, 4.69) is 12.2 Å². The summed E-state index contributed by atoms with van der Waals surface area (Å²) in [6.45, 7) is 2.20. The average molecular weight is 272 g/mol. The van der Waals surface area contributed by atoms with Crippen LogP contribution in [0.5, 0.6) is 0 Å². The van der Waals surface area contributed by atoms with Gasteiger partial charge in [0.25, 0.3) is 0 Å². The fraction of sp³-hybridized carbons (Fsp3) is 0.588. The van der Waals surface area contributed by atoms with Crippen molar-refractivity contribution in [1.29, 1.82) is 0 Å². The molecule has 0 radical (unpaired) electrons. The van der Waals surface area contributed by atoms with E-state index in [-0.39, 0.29) is 16.9 Å². The summed E-state index contributed by atoms with van der Waals surface area (Å²) < 4.78 is 0. The van der Waals surface area contributed by atoms with E-state index in [9.17, 15) is 4.79 Å². The summed E-state index contributed by atoms with van der Waals surface area (Å²) in [5, 5.41) is 3.34. The lowest BCUT2D eigenvalue weighted by atomic mass is 9.82. The van der Waals surface area contributed by atoms with E-state index in [4.69, 9.17) is 5.73 Å². The third kappa shape index (κ3) is 2.41. The zero-order chi connectivity index (χ0) is 14.2. The van der Waals surface area contributed by atoms with Gasteiger partial charge in [-0.1, -0.05) is 31.4 Å². The second kappa shape index (κ2) is 4.80. The highest BCUT2D eigenvalue weighted by atomic mass is 16.2. The molecule has 108 valence electrons. The van der Waals surface area contributed by atoms with Gasteiger partial charge in [0.05, 0.1) is 5.41 Å². The number of hydrogen-bond acceptors (Lipinski definition) is 2. The maximum absolute atomic E-state index is 12.7. The molecule has 2 saturated carbocycles. The zero-order valence-electron chi connectivity index (χ0n) is 12.2. The molecule has 1 aromatic rings. The number of amides is 1. The van der Waals surface area contributed by atoms with Gasteiger partial charge < -0.3 is 11.1 Å². The van der Waals surface area contributed by atoms with Crippen LogP contribution >= 0.6 is 0 Å². The lowest BCUT2D eigenvalue weighted by Crippen LogP contribution is -2.50. The van der Waals surface area contributed by atoms with Crippen LogP contribution in [0.15, 0.2) is 24.3 Å². The van der Waals surface area contributed by atoms with Gasteiger partial charge in [0, 0.05) is 11.2 Å². The Morgan fingerprint density at radius 3 is 2.20 bits per heavy atom. The summed E-state index contributed by atoms with van der Waals surface area (Å²) in [5.41, 5.74) is 7.32. The first-order valence-electron chi connectivity index (χ1n) is 7.73. The molecule has 0 heterocycles. The Kier molecular flexibility index (Phi) is 3.23. The highest BCUT2D eigenvalue weighted by Crippen LogP contribution is 2.49. The Morgan fingerprint density at radius 2 is 1.65 bits per heavy atom. The Morgan fingerprint density at radius 1 is 1.05 bits per heavy atom. The molecular formula is C17H24N2O. The summed E-state index contributed by atoms with van der Waals surface area (Å²) in [5.74, 6) is 0.215. The molecule has 2 aliphatic rings. The van der Waals surface area contributed by atoms with E-state index in [1.807, 2.05) is 24.3 Å². The van der Waals surface area contributed by atoms with Gasteiger partial charge in [-0.05, 0) is 50.3 Å². The van der Waals surface area contributed by atoms with Crippen LogP contribution < -0.4 is 11.1 Å². The quantitative estimate of drug-likeness (QED) is 0.831. The van der Waals surface area contributed by atoms with Crippen molar-refractivity contribution >= 4 is 11.6 Å². The maximum Gasteiger partial charge on any atom is 0.231 e. The predicted molar refractivity (Wildman–Crippen MR) is 81.4 cm³/mol. The fourth-order valence-electron chi connectivity index (χ4n) is 3.42. The maximum atomic E-state index is 12.7. The van der Waals surface area contributed by atoms with Gasteiger partial charge in [0.1, 0.15) is 0 Å². The Bertz CT molecular complexity index is 496. The first-order chi connectivity index (χ1) is 9.54. The van der Waals surface area contributed by atoms with Gasteiger partial charge in [0.15, 0.2) is 0 Å². The van der Waals surface area contributed by atoms with Crippen LogP contribution in [-0.4, -0.2) is 11.4 Å². The van der Waals surface area contributed by atoms with Gasteiger partial charge in [-0.25, -0.2) is 0 Å². The molecule has 0 bridgehead atoms. The van der Waals surface area contributed by atoms with Crippen molar-refractivity contribution in [2.75, 3.05) is 5.73 Å². The number of benzene rings is 1. The van der Waals surface area contributed by atoms with Crippen molar-refractivity contribution in [3.8, 4) is 0 Å². The SMILES string of the molecule is CC1(NC(=O)C2(c3ccc(N)cc3)CC2)CCCCC1. The average Bonchev–Trinajstić information content (AvgIpc) is 3.21. The van der Waals surface area contributed by atoms with Crippen LogP contribution in [0, 0.1) is 0 Å². The highest BCUT2D eigenvalue weighted by Gasteiger charge is 2.52. The van der Waals surface area contributed by atoms with Gasteiger partial charge in [0.2, 0.25) is 5.91 Å². The van der Waals surface area contributed by atoms with Gasteiger partial charge >= 0.3 is 0 Å². The number of hydrogen-bond donors (Lipinski definition) is 2. The van der Waals surface area contributed by atoms with Crippen LogP contribution in [0.3, 0.4) is 0 Å². The lowest BCUT2D eigenvalue weighted by Gasteiger charge is -2.36. The monoisotopic (exact) mass is 272 g/mol. The van der Waals surface area contributed by atoms with Crippen molar-refractivity contribution in [3.63, 3.8) is 0 Å². The van der Waals surface area contributed by atoms with Crippen LogP contribution in [0.4, 0.5) is 5.69 Å². The molecule has 20 heavy (non-hydrogen) atoms. The Hall–Kier alpha value is -1.51. The number of carbonyl (C=O) groups excluding carboxylic acids is 1. The second-order valence-electron chi connectivity index (χ2n) is 6.78. The number of nitrogens with two attached hydrogens (primary N) is 1. The molecule has 3 rings (SSSR count). The van der Waals surface area contributed by atoms with Crippen molar-refractivity contribution in [2.45, 2.75) is 62.8 Å². The first-order valence-corrected chi connectivity index (χ1v) is 7.73. The van der Waals surface area contributed by atoms with E-state index in [0.29, 0.717) is 0 Å². The molecule has 1 aromatic carbocycles. The van der Waals surface area contributed by atoms with E-state index < -0.39 is 0 Å². The lowest BCUT2D eigenvalue weighted by molar-refractivity contribution is -0.125. The van der Waals surface area contributed by atoms with Gasteiger partial charge in [-0.2, -0.15) is 0 Å². The number of nitrogen functional groups attached to an aromatic ring is 1. The van der Waals surface area contributed by atoms with Crippen LogP contribution in [0.1, 0.15) is 57.4 Å². The van der Waals surface area contributed by atoms with Crippen LogP contribution in [0.25, 0.3) is 0 Å². The summed E-state index contributed by atoms with van der Waals surface area (Å²) in [7, 11) is 0. The molecule has 1 amide bonds. The fourth-order valence-corrected chi connectivity index (χ4v) is 3.42. The standard InChI is InChI=1S/C17H24N2O/c1-16(9-3-2-4-10-16)19-15(20)17(11-12-17)13-5-7-14(18)8-6-13/h5-8H,2-4,9-12,18H2,1H3,(H,19,20). The van der Waals surface area contributed by atoms with Crippen LogP contribution in [0.2, 0.25) is 0 Å². The molecule has 3 N–H and O–H groups in total. The summed E-state index contributed by atoms with van der Waals surface area (Å²) >= 11 is 0. The van der Waals surface area contributed by atoms with Crippen molar-refractivity contribution < 1.29 is 4.79 Å². The largest absolute Gasteiger partial charge is 0.399 e. The predicted octanol–water partition coefficient (Wildman–Crippen LogP) is 3.14. The van der Waals surface area contributed by atoms with E-state index in [1.165, 1.54) is 19.3 Å². The number of anilines is 1. The molecule has 3 nitrogen and oxygen atoms in total. The molecule has 0 spiro atoms. The Balaban J connectivity index is 1.74. The third-order valence-corrected chi connectivity index (χ3v) is 5.02. The normalized spacial score (nSPS) is 23.1. The number of carbonyl (C=O) groups is 1. The molecule has 2 aliphatic carbocycles. The summed E-state index contributed by atoms with van der Waals surface area (Å²) in [6.07, 6.45) is 7.89. The molecule has 0 atom stereocenters. The van der Waals surface area contributed by atoms with Crippen molar-refractivity contribution in [1.82, 2.24) is 5.32 Å². The van der Waals surface area contributed by atoms with E-state index in [1.54, 1.807) is 0 Å². The minimum atomic E-state index is -0.284. The Labute approximate surface area is 120 Å². The summed E-state index contributed by atoms with van der Waals surface area (Å²) in [6, 6.07) is 7.80. The number of nitrogens with one attached hydrogen (secondary N) is 1.